The zero-order valence-corrected chi connectivity index (χ0v) is 19.2. The molecule has 0 N–H and O–H groups in total. The van der Waals surface area contributed by atoms with Crippen LogP contribution < -0.4 is 16.1 Å². The van der Waals surface area contributed by atoms with Gasteiger partial charge in [-0.05, 0) is 29.7 Å². The summed E-state index contributed by atoms with van der Waals surface area (Å²) >= 11 is 6.23. The van der Waals surface area contributed by atoms with E-state index >= 15 is 0 Å². The van der Waals surface area contributed by atoms with Crippen LogP contribution in [0.5, 0.6) is 0 Å². The Morgan fingerprint density at radius 2 is 1.88 bits per heavy atom. The number of benzene rings is 2. The lowest BCUT2D eigenvalue weighted by Crippen LogP contribution is -2.40. The fraction of sp³-hybridized carbons (Fsp3) is 0.240. The smallest absolute Gasteiger partial charge is 0.312 e. The Morgan fingerprint density at radius 1 is 1.09 bits per heavy atom. The van der Waals surface area contributed by atoms with E-state index in [9.17, 15) is 9.59 Å². The van der Waals surface area contributed by atoms with Gasteiger partial charge in [-0.15, -0.1) is 0 Å². The summed E-state index contributed by atoms with van der Waals surface area (Å²) in [6, 6.07) is 17.4. The molecule has 0 bridgehead atoms. The van der Waals surface area contributed by atoms with Gasteiger partial charge in [0.15, 0.2) is 11.2 Å². The van der Waals surface area contributed by atoms with Crippen molar-refractivity contribution in [2.75, 3.05) is 11.4 Å². The predicted octanol–water partition coefficient (Wildman–Crippen LogP) is 4.05. The third-order valence-electron chi connectivity index (χ3n) is 5.96. The van der Waals surface area contributed by atoms with Crippen LogP contribution in [0.3, 0.4) is 0 Å². The molecule has 0 radical (unpaired) electrons. The molecule has 33 heavy (non-hydrogen) atoms. The highest BCUT2D eigenvalue weighted by Gasteiger charge is 2.29. The van der Waals surface area contributed by atoms with Crippen molar-refractivity contribution in [2.45, 2.75) is 20.0 Å². The van der Waals surface area contributed by atoms with Gasteiger partial charge in [-0.1, -0.05) is 67.1 Å². The summed E-state index contributed by atoms with van der Waals surface area (Å²) < 4.78 is 4.66. The lowest BCUT2D eigenvalue weighted by atomic mass is 10.1. The Labute approximate surface area is 195 Å². The van der Waals surface area contributed by atoms with Crippen LogP contribution in [-0.2, 0) is 20.1 Å². The first-order chi connectivity index (χ1) is 15.9. The molecule has 8 heteroatoms. The minimum absolute atomic E-state index is 0.185. The van der Waals surface area contributed by atoms with Crippen LogP contribution >= 0.6 is 11.6 Å². The van der Waals surface area contributed by atoms with Crippen LogP contribution in [-0.4, -0.2) is 25.2 Å². The van der Waals surface area contributed by atoms with E-state index in [1.807, 2.05) is 71.3 Å². The zero-order chi connectivity index (χ0) is 23.1. The number of anilines is 2. The van der Waals surface area contributed by atoms with E-state index < -0.39 is 0 Å². The lowest BCUT2D eigenvalue weighted by molar-refractivity contribution is 0.458. The molecular formula is C25H24ClN5O2. The van der Waals surface area contributed by atoms with E-state index in [0.717, 1.165) is 17.8 Å². The molecule has 0 saturated heterocycles. The molecule has 1 aliphatic heterocycles. The van der Waals surface area contributed by atoms with Crippen LogP contribution in [0.2, 0.25) is 5.02 Å². The maximum absolute atomic E-state index is 13.5. The minimum atomic E-state index is -0.386. The molecule has 0 amide bonds. The monoisotopic (exact) mass is 461 g/mol. The number of hydrogen-bond donors (Lipinski definition) is 0. The van der Waals surface area contributed by atoms with Gasteiger partial charge in [0.25, 0.3) is 5.56 Å². The van der Waals surface area contributed by atoms with E-state index in [0.29, 0.717) is 28.7 Å². The predicted molar refractivity (Wildman–Crippen MR) is 132 cm³/mol. The number of nitrogens with zero attached hydrogens (tertiary/aromatic N) is 5. The average Bonchev–Trinajstić information content (AvgIpc) is 3.19. The summed E-state index contributed by atoms with van der Waals surface area (Å²) in [5, 5.41) is 0.633. The molecule has 7 nitrogen and oxygen atoms in total. The molecule has 0 fully saturated rings. The summed E-state index contributed by atoms with van der Waals surface area (Å²) in [5.74, 6) is 0.923. The molecule has 1 unspecified atom stereocenters. The van der Waals surface area contributed by atoms with Crippen molar-refractivity contribution in [1.82, 2.24) is 18.7 Å². The van der Waals surface area contributed by atoms with Gasteiger partial charge >= 0.3 is 5.69 Å². The zero-order valence-electron chi connectivity index (χ0n) is 18.5. The molecule has 2 aromatic carbocycles. The van der Waals surface area contributed by atoms with Crippen molar-refractivity contribution >= 4 is 40.5 Å². The molecule has 1 aliphatic rings. The number of rotatable bonds is 4. The van der Waals surface area contributed by atoms with Crippen molar-refractivity contribution in [2.24, 2.45) is 13.0 Å². The third kappa shape index (κ3) is 3.78. The average molecular weight is 462 g/mol. The summed E-state index contributed by atoms with van der Waals surface area (Å²) in [7, 11) is 1.66. The molecule has 0 spiro atoms. The van der Waals surface area contributed by atoms with Gasteiger partial charge in [-0.25, -0.2) is 4.79 Å². The van der Waals surface area contributed by atoms with Gasteiger partial charge in [-0.2, -0.15) is 4.98 Å². The number of hydrogen-bond acceptors (Lipinski definition) is 4. The normalized spacial score (nSPS) is 16.0. The number of allylic oxidation sites excluding steroid dienone is 1. The second-order valence-electron chi connectivity index (χ2n) is 8.46. The van der Waals surface area contributed by atoms with Crippen LogP contribution in [0.15, 0.2) is 70.3 Å². The fourth-order valence-corrected chi connectivity index (χ4v) is 4.57. The van der Waals surface area contributed by atoms with Gasteiger partial charge in [0, 0.05) is 37.4 Å². The quantitative estimate of drug-likeness (QED) is 0.460. The van der Waals surface area contributed by atoms with Crippen molar-refractivity contribution in [3.05, 3.63) is 92.1 Å². The first-order valence-electron chi connectivity index (χ1n) is 10.9. The molecule has 3 heterocycles. The van der Waals surface area contributed by atoms with Crippen molar-refractivity contribution < 1.29 is 0 Å². The van der Waals surface area contributed by atoms with Gasteiger partial charge in [0.2, 0.25) is 5.95 Å². The molecule has 0 aliphatic carbocycles. The van der Waals surface area contributed by atoms with Crippen molar-refractivity contribution in [3.63, 3.8) is 0 Å². The summed E-state index contributed by atoms with van der Waals surface area (Å²) in [5.41, 5.74) is 2.04. The first kappa shape index (κ1) is 21.3. The fourth-order valence-electron chi connectivity index (χ4n) is 4.39. The Balaban J connectivity index is 1.64. The highest BCUT2D eigenvalue weighted by Crippen LogP contribution is 2.33. The van der Waals surface area contributed by atoms with Crippen LogP contribution in [0.25, 0.3) is 17.2 Å². The van der Waals surface area contributed by atoms with E-state index in [1.165, 1.54) is 9.13 Å². The number of aromatic nitrogens is 4. The maximum Gasteiger partial charge on any atom is 0.332 e. The Morgan fingerprint density at radius 3 is 2.64 bits per heavy atom. The Kier molecular flexibility index (Phi) is 5.42. The Hall–Kier alpha value is -3.58. The van der Waals surface area contributed by atoms with Gasteiger partial charge in [-0.3, -0.25) is 13.9 Å². The highest BCUT2D eigenvalue weighted by atomic mass is 35.5. The number of halogens is 1. The van der Waals surface area contributed by atoms with Crippen LogP contribution in [0.1, 0.15) is 12.5 Å². The van der Waals surface area contributed by atoms with Gasteiger partial charge in [0.05, 0.1) is 0 Å². The van der Waals surface area contributed by atoms with Gasteiger partial charge in [0.1, 0.15) is 0 Å². The van der Waals surface area contributed by atoms with Crippen molar-refractivity contribution in [3.8, 4) is 0 Å². The van der Waals surface area contributed by atoms with E-state index in [-0.39, 0.29) is 23.7 Å². The van der Waals surface area contributed by atoms with E-state index in [2.05, 4.69) is 11.8 Å². The van der Waals surface area contributed by atoms with Crippen molar-refractivity contribution in [1.29, 1.82) is 0 Å². The topological polar surface area (TPSA) is 65.1 Å². The summed E-state index contributed by atoms with van der Waals surface area (Å²) in [6.07, 6.45) is 3.74. The third-order valence-corrected chi connectivity index (χ3v) is 6.20. The van der Waals surface area contributed by atoms with Gasteiger partial charge < -0.3 is 9.47 Å². The van der Waals surface area contributed by atoms with Crippen LogP contribution in [0, 0.1) is 5.92 Å². The second-order valence-corrected chi connectivity index (χ2v) is 8.90. The maximum atomic E-state index is 13.5. The molecule has 4 aromatic rings. The number of fused-ring (bicyclic) bond motifs is 3. The summed E-state index contributed by atoms with van der Waals surface area (Å²) in [6.45, 7) is 3.71. The highest BCUT2D eigenvalue weighted by molar-refractivity contribution is 6.30. The van der Waals surface area contributed by atoms with E-state index in [1.54, 1.807) is 7.05 Å². The number of imidazole rings is 1. The minimum Gasteiger partial charge on any atom is -0.312 e. The van der Waals surface area contributed by atoms with E-state index in [4.69, 9.17) is 16.6 Å². The molecular weight excluding hydrogens is 438 g/mol. The summed E-state index contributed by atoms with van der Waals surface area (Å²) in [4.78, 5) is 33.3. The second kappa shape index (κ2) is 8.41. The SMILES string of the molecule is CC1CN(c2cccc(Cl)c2)c2nc3c(c(=O)n(C/C=C/c4ccccc4)c(=O)n3C)n2C1. The lowest BCUT2D eigenvalue weighted by Gasteiger charge is -2.33. The largest absolute Gasteiger partial charge is 0.332 e. The molecule has 0 saturated carbocycles. The standard InChI is InChI=1S/C25H24ClN5O2/c1-17-15-30(20-12-6-11-19(26)14-20)24-27-22-21(31(24)16-17)23(32)29(25(33)28(22)2)13-7-10-18-8-4-3-5-9-18/h3-12,14,17H,13,15-16H2,1-2H3/b10-7+. The molecule has 1 atom stereocenters. The molecule has 2 aromatic heterocycles. The first-order valence-corrected chi connectivity index (χ1v) is 11.3. The number of aryl methyl sites for hydroxylation is 1. The Bertz CT molecular complexity index is 1480. The van der Waals surface area contributed by atoms with Crippen LogP contribution in [0.4, 0.5) is 11.6 Å². The molecule has 5 rings (SSSR count). The molecule has 168 valence electrons.